The smallest absolute Gasteiger partial charge is 0.239 e. The van der Waals surface area contributed by atoms with Crippen molar-refractivity contribution in [3.8, 4) is 5.75 Å². The minimum absolute atomic E-state index is 0.133. The maximum absolute atomic E-state index is 13.6. The van der Waals surface area contributed by atoms with Gasteiger partial charge in [-0.15, -0.1) is 0 Å². The number of aliphatic hydroxyl groups excluding tert-OH is 1. The summed E-state index contributed by atoms with van der Waals surface area (Å²) >= 11 is 0. The standard InChI is InChI=1S/C25H31FN4O4/c1-17(31)27-16-23(32)28-21-15-22(34-20-9-5-6-18(26)14-20)25(33)24(21)30-12-10-29(11-13-30)19-7-3-2-4-8-19/h2-9,14,21-22,24-25,33H,10-13,15-16H2,1H3,(H,27,31)(H,28,32)/t21-,22-,24+,25+/m1/s1. The molecule has 1 aliphatic carbocycles. The molecule has 2 aromatic carbocycles. The van der Waals surface area contributed by atoms with Gasteiger partial charge in [-0.3, -0.25) is 14.5 Å². The minimum atomic E-state index is -0.877. The number of hydrogen-bond donors (Lipinski definition) is 3. The zero-order valence-electron chi connectivity index (χ0n) is 19.2. The van der Waals surface area contributed by atoms with Gasteiger partial charge in [0.25, 0.3) is 0 Å². The Kier molecular flexibility index (Phi) is 7.64. The lowest BCUT2D eigenvalue weighted by atomic mass is 10.1. The Morgan fingerprint density at radius 2 is 1.82 bits per heavy atom. The maximum Gasteiger partial charge on any atom is 0.239 e. The van der Waals surface area contributed by atoms with Crippen LogP contribution >= 0.6 is 0 Å². The molecule has 0 aromatic heterocycles. The molecular formula is C25H31FN4O4. The molecule has 2 aliphatic rings. The number of nitrogens with zero attached hydrogens (tertiary/aromatic N) is 2. The Bertz CT molecular complexity index is 984. The minimum Gasteiger partial charge on any atom is -0.487 e. The van der Waals surface area contributed by atoms with E-state index >= 15 is 0 Å². The maximum atomic E-state index is 13.6. The number of halogens is 1. The molecule has 2 aromatic rings. The fourth-order valence-corrected chi connectivity index (χ4v) is 4.81. The lowest BCUT2D eigenvalue weighted by Gasteiger charge is -2.42. The normalized spacial score (nSPS) is 25.1. The van der Waals surface area contributed by atoms with Crippen LogP contribution in [-0.4, -0.2) is 78.8 Å². The molecule has 0 bridgehead atoms. The quantitative estimate of drug-likeness (QED) is 0.562. The number of aliphatic hydroxyl groups is 1. The average Bonchev–Trinajstić information content (AvgIpc) is 3.12. The van der Waals surface area contributed by atoms with Gasteiger partial charge in [-0.1, -0.05) is 24.3 Å². The molecule has 34 heavy (non-hydrogen) atoms. The number of hydrogen-bond acceptors (Lipinski definition) is 6. The highest BCUT2D eigenvalue weighted by Gasteiger charge is 2.48. The Morgan fingerprint density at radius 1 is 1.09 bits per heavy atom. The molecule has 4 atom stereocenters. The topological polar surface area (TPSA) is 94.1 Å². The van der Waals surface area contributed by atoms with Crippen molar-refractivity contribution in [2.45, 2.75) is 37.6 Å². The molecule has 9 heteroatoms. The predicted molar refractivity (Wildman–Crippen MR) is 126 cm³/mol. The Balaban J connectivity index is 1.46. The summed E-state index contributed by atoms with van der Waals surface area (Å²) in [6, 6.07) is 15.2. The number of benzene rings is 2. The van der Waals surface area contributed by atoms with E-state index < -0.39 is 18.0 Å². The van der Waals surface area contributed by atoms with Gasteiger partial charge >= 0.3 is 0 Å². The number of amides is 2. The number of para-hydroxylation sites is 1. The highest BCUT2D eigenvalue weighted by atomic mass is 19.1. The molecule has 2 fully saturated rings. The molecule has 4 rings (SSSR count). The zero-order chi connectivity index (χ0) is 24.1. The van der Waals surface area contributed by atoms with Gasteiger partial charge in [-0.05, 0) is 24.3 Å². The molecule has 1 heterocycles. The van der Waals surface area contributed by atoms with E-state index in [-0.39, 0.29) is 30.4 Å². The molecular weight excluding hydrogens is 439 g/mol. The molecule has 1 saturated carbocycles. The van der Waals surface area contributed by atoms with Crippen LogP contribution in [0.15, 0.2) is 54.6 Å². The first-order chi connectivity index (χ1) is 16.4. The van der Waals surface area contributed by atoms with Crippen LogP contribution in [-0.2, 0) is 9.59 Å². The summed E-state index contributed by atoms with van der Waals surface area (Å²) < 4.78 is 19.6. The Labute approximate surface area is 198 Å². The van der Waals surface area contributed by atoms with Crippen LogP contribution in [0.4, 0.5) is 10.1 Å². The summed E-state index contributed by atoms with van der Waals surface area (Å²) in [7, 11) is 0. The van der Waals surface area contributed by atoms with Gasteiger partial charge in [0.05, 0.1) is 18.6 Å². The third-order valence-electron chi connectivity index (χ3n) is 6.41. The number of anilines is 1. The number of ether oxygens (including phenoxy) is 1. The molecule has 8 nitrogen and oxygen atoms in total. The molecule has 182 valence electrons. The first kappa shape index (κ1) is 24.0. The van der Waals surface area contributed by atoms with Crippen LogP contribution in [0, 0.1) is 5.82 Å². The van der Waals surface area contributed by atoms with Gasteiger partial charge in [-0.25, -0.2) is 4.39 Å². The Hall–Kier alpha value is -3.17. The number of piperazine rings is 1. The third kappa shape index (κ3) is 5.84. The molecule has 0 spiro atoms. The van der Waals surface area contributed by atoms with E-state index in [0.29, 0.717) is 25.3 Å². The number of rotatable bonds is 7. The SMILES string of the molecule is CC(=O)NCC(=O)N[C@@H]1C[C@@H](Oc2cccc(F)c2)[C@H](O)[C@H]1N1CCN(c2ccccc2)CC1. The highest BCUT2D eigenvalue weighted by Crippen LogP contribution is 2.31. The zero-order valence-corrected chi connectivity index (χ0v) is 19.2. The van der Waals surface area contributed by atoms with E-state index in [2.05, 4.69) is 32.6 Å². The van der Waals surface area contributed by atoms with Crippen molar-refractivity contribution >= 4 is 17.5 Å². The first-order valence-electron chi connectivity index (χ1n) is 11.6. The summed E-state index contributed by atoms with van der Waals surface area (Å²) in [6.45, 7) is 4.21. The molecule has 3 N–H and O–H groups in total. The second kappa shape index (κ2) is 10.8. The summed E-state index contributed by atoms with van der Waals surface area (Å²) in [6.07, 6.45) is -1.12. The van der Waals surface area contributed by atoms with Crippen molar-refractivity contribution in [3.63, 3.8) is 0 Å². The van der Waals surface area contributed by atoms with Crippen LogP contribution in [0.5, 0.6) is 5.75 Å². The summed E-state index contributed by atoms with van der Waals surface area (Å²) in [4.78, 5) is 28.1. The van der Waals surface area contributed by atoms with E-state index in [1.165, 1.54) is 19.1 Å². The largest absolute Gasteiger partial charge is 0.487 e. The predicted octanol–water partition coefficient (Wildman–Crippen LogP) is 1.15. The number of nitrogens with one attached hydrogen (secondary N) is 2. The van der Waals surface area contributed by atoms with Gasteiger partial charge in [0.15, 0.2) is 0 Å². The van der Waals surface area contributed by atoms with Crippen molar-refractivity contribution in [1.82, 2.24) is 15.5 Å². The fraction of sp³-hybridized carbons (Fsp3) is 0.440. The van der Waals surface area contributed by atoms with Gasteiger partial charge in [0, 0.05) is 51.3 Å². The van der Waals surface area contributed by atoms with E-state index in [1.807, 2.05) is 18.2 Å². The number of carbonyl (C=O) groups excluding carboxylic acids is 2. The van der Waals surface area contributed by atoms with Crippen molar-refractivity contribution < 1.29 is 23.8 Å². The first-order valence-corrected chi connectivity index (χ1v) is 11.6. The van der Waals surface area contributed by atoms with Gasteiger partial charge in [0.2, 0.25) is 11.8 Å². The van der Waals surface area contributed by atoms with E-state index in [4.69, 9.17) is 4.74 Å². The van der Waals surface area contributed by atoms with Gasteiger partial charge in [-0.2, -0.15) is 0 Å². The highest BCUT2D eigenvalue weighted by molar-refractivity contribution is 5.83. The van der Waals surface area contributed by atoms with Crippen molar-refractivity contribution in [1.29, 1.82) is 0 Å². The lowest BCUT2D eigenvalue weighted by Crippen LogP contribution is -2.59. The van der Waals surface area contributed by atoms with Crippen molar-refractivity contribution in [2.24, 2.45) is 0 Å². The fourth-order valence-electron chi connectivity index (χ4n) is 4.81. The van der Waals surface area contributed by atoms with Crippen LogP contribution in [0.25, 0.3) is 0 Å². The molecule has 0 radical (unpaired) electrons. The second-order valence-corrected chi connectivity index (χ2v) is 8.77. The molecule has 0 unspecified atom stereocenters. The summed E-state index contributed by atoms with van der Waals surface area (Å²) in [5.74, 6) is -0.699. The van der Waals surface area contributed by atoms with Crippen LogP contribution in [0.1, 0.15) is 13.3 Å². The van der Waals surface area contributed by atoms with Crippen LogP contribution in [0.3, 0.4) is 0 Å². The van der Waals surface area contributed by atoms with Crippen LogP contribution < -0.4 is 20.3 Å². The second-order valence-electron chi connectivity index (χ2n) is 8.77. The van der Waals surface area contributed by atoms with Crippen molar-refractivity contribution in [2.75, 3.05) is 37.6 Å². The molecule has 1 aliphatic heterocycles. The average molecular weight is 471 g/mol. The monoisotopic (exact) mass is 470 g/mol. The lowest BCUT2D eigenvalue weighted by molar-refractivity contribution is -0.125. The summed E-state index contributed by atoms with van der Waals surface area (Å²) in [5.41, 5.74) is 1.15. The van der Waals surface area contributed by atoms with Crippen molar-refractivity contribution in [3.05, 3.63) is 60.4 Å². The Morgan fingerprint density at radius 3 is 2.50 bits per heavy atom. The third-order valence-corrected chi connectivity index (χ3v) is 6.41. The van der Waals surface area contributed by atoms with Gasteiger partial charge < -0.3 is 25.4 Å². The molecule has 1 saturated heterocycles. The van der Waals surface area contributed by atoms with Gasteiger partial charge in [0.1, 0.15) is 23.8 Å². The number of carbonyl (C=O) groups is 2. The molecule has 2 amide bonds. The van der Waals surface area contributed by atoms with E-state index in [0.717, 1.165) is 18.8 Å². The van der Waals surface area contributed by atoms with E-state index in [9.17, 15) is 19.1 Å². The van der Waals surface area contributed by atoms with Crippen LogP contribution in [0.2, 0.25) is 0 Å². The van der Waals surface area contributed by atoms with E-state index in [1.54, 1.807) is 12.1 Å². The summed E-state index contributed by atoms with van der Waals surface area (Å²) in [5, 5.41) is 16.7.